The van der Waals surface area contributed by atoms with Gasteiger partial charge in [0.15, 0.2) is 0 Å². The molecular formula is C9H20N2. The van der Waals surface area contributed by atoms with E-state index in [4.69, 9.17) is 0 Å². The molecule has 0 bridgehead atoms. The number of rotatable bonds is 1. The van der Waals surface area contributed by atoms with E-state index in [2.05, 4.69) is 17.1 Å². The van der Waals surface area contributed by atoms with Crippen LogP contribution in [0.1, 0.15) is 27.6 Å². The lowest BCUT2D eigenvalue weighted by molar-refractivity contribution is 0.0746. The number of piperazine rings is 1. The summed E-state index contributed by atoms with van der Waals surface area (Å²) in [6, 6.07) is 0. The van der Waals surface area contributed by atoms with Gasteiger partial charge in [0, 0.05) is 26.6 Å². The fourth-order valence-electron chi connectivity index (χ4n) is 2.25. The zero-order chi connectivity index (χ0) is 7.73. The van der Waals surface area contributed by atoms with E-state index in [1.807, 2.05) is 0 Å². The standard InChI is InChI=1S/C9H18N2.H2/c1-2-11-7-6-10-9(8-11)4-3-5-9;/h10H,2-8H2,1H3;1H. The third kappa shape index (κ3) is 1.30. The van der Waals surface area contributed by atoms with Crippen molar-refractivity contribution in [2.24, 2.45) is 0 Å². The van der Waals surface area contributed by atoms with Gasteiger partial charge in [0.2, 0.25) is 0 Å². The first-order valence-electron chi connectivity index (χ1n) is 4.82. The van der Waals surface area contributed by atoms with Gasteiger partial charge in [0.1, 0.15) is 0 Å². The van der Waals surface area contributed by atoms with Gasteiger partial charge in [-0.05, 0) is 25.8 Å². The van der Waals surface area contributed by atoms with Crippen LogP contribution in [-0.2, 0) is 0 Å². The number of hydrogen-bond donors (Lipinski definition) is 1. The molecule has 0 aromatic carbocycles. The Balaban J connectivity index is 0.000000720. The Morgan fingerprint density at radius 1 is 1.55 bits per heavy atom. The molecule has 0 aromatic heterocycles. The van der Waals surface area contributed by atoms with Crippen molar-refractivity contribution in [2.45, 2.75) is 31.7 Å². The van der Waals surface area contributed by atoms with Crippen LogP contribution in [0.4, 0.5) is 0 Å². The van der Waals surface area contributed by atoms with Crippen molar-refractivity contribution in [2.75, 3.05) is 26.2 Å². The van der Waals surface area contributed by atoms with E-state index in [9.17, 15) is 0 Å². The van der Waals surface area contributed by atoms with Crippen molar-refractivity contribution in [1.29, 1.82) is 0 Å². The first kappa shape index (κ1) is 7.56. The number of likely N-dealkylation sites (N-methyl/N-ethyl adjacent to an activating group) is 1. The van der Waals surface area contributed by atoms with Crippen LogP contribution in [-0.4, -0.2) is 36.6 Å². The van der Waals surface area contributed by atoms with E-state index in [0.29, 0.717) is 5.54 Å². The van der Waals surface area contributed by atoms with E-state index < -0.39 is 0 Å². The van der Waals surface area contributed by atoms with E-state index in [0.717, 1.165) is 0 Å². The van der Waals surface area contributed by atoms with Crippen LogP contribution in [0.2, 0.25) is 0 Å². The van der Waals surface area contributed by atoms with Crippen molar-refractivity contribution in [3.63, 3.8) is 0 Å². The predicted octanol–water partition coefficient (Wildman–Crippen LogP) is 1.08. The Morgan fingerprint density at radius 3 is 2.91 bits per heavy atom. The van der Waals surface area contributed by atoms with Crippen LogP contribution in [0.25, 0.3) is 0 Å². The Morgan fingerprint density at radius 2 is 2.36 bits per heavy atom. The molecule has 1 saturated carbocycles. The van der Waals surface area contributed by atoms with Crippen LogP contribution in [0.5, 0.6) is 0 Å². The van der Waals surface area contributed by atoms with Gasteiger partial charge >= 0.3 is 0 Å². The molecule has 2 aliphatic rings. The Bertz CT molecular complexity index is 145. The van der Waals surface area contributed by atoms with Crippen LogP contribution >= 0.6 is 0 Å². The lowest BCUT2D eigenvalue weighted by Crippen LogP contribution is -2.63. The predicted molar refractivity (Wildman–Crippen MR) is 48.8 cm³/mol. The molecule has 0 amide bonds. The topological polar surface area (TPSA) is 15.3 Å². The molecule has 2 rings (SSSR count). The molecular weight excluding hydrogens is 136 g/mol. The largest absolute Gasteiger partial charge is 0.309 e. The van der Waals surface area contributed by atoms with Crippen molar-refractivity contribution in [3.05, 3.63) is 0 Å². The number of nitrogens with one attached hydrogen (secondary N) is 1. The summed E-state index contributed by atoms with van der Waals surface area (Å²) in [7, 11) is 0. The van der Waals surface area contributed by atoms with E-state index in [1.54, 1.807) is 0 Å². The molecule has 0 aromatic rings. The molecule has 1 heterocycles. The van der Waals surface area contributed by atoms with Crippen LogP contribution in [0, 0.1) is 0 Å². The minimum atomic E-state index is 0. The summed E-state index contributed by atoms with van der Waals surface area (Å²) in [6.45, 7) is 7.23. The maximum atomic E-state index is 3.65. The maximum Gasteiger partial charge on any atom is 0.0309 e. The molecule has 2 nitrogen and oxygen atoms in total. The summed E-state index contributed by atoms with van der Waals surface area (Å²) in [4.78, 5) is 2.57. The summed E-state index contributed by atoms with van der Waals surface area (Å²) < 4.78 is 0. The summed E-state index contributed by atoms with van der Waals surface area (Å²) in [5.74, 6) is 0. The van der Waals surface area contributed by atoms with Gasteiger partial charge in [-0.1, -0.05) is 6.92 Å². The van der Waals surface area contributed by atoms with Crippen LogP contribution in [0.3, 0.4) is 0 Å². The van der Waals surface area contributed by atoms with Crippen LogP contribution < -0.4 is 5.32 Å². The molecule has 1 N–H and O–H groups in total. The van der Waals surface area contributed by atoms with Crippen molar-refractivity contribution in [1.82, 2.24) is 10.2 Å². The van der Waals surface area contributed by atoms with Crippen molar-refractivity contribution < 1.29 is 1.43 Å². The summed E-state index contributed by atoms with van der Waals surface area (Å²) in [6.07, 6.45) is 4.25. The van der Waals surface area contributed by atoms with Gasteiger partial charge < -0.3 is 10.2 Å². The number of nitrogens with zero attached hydrogens (tertiary/aromatic N) is 1. The van der Waals surface area contributed by atoms with E-state index in [1.165, 1.54) is 45.4 Å². The molecule has 0 unspecified atom stereocenters. The minimum absolute atomic E-state index is 0. The lowest BCUT2D eigenvalue weighted by Gasteiger charge is -2.49. The van der Waals surface area contributed by atoms with E-state index in [-0.39, 0.29) is 1.43 Å². The van der Waals surface area contributed by atoms with Crippen molar-refractivity contribution >= 4 is 0 Å². The minimum Gasteiger partial charge on any atom is -0.309 e. The highest BCUT2D eigenvalue weighted by atomic mass is 15.2. The van der Waals surface area contributed by atoms with Gasteiger partial charge in [-0.2, -0.15) is 0 Å². The molecule has 2 heteroatoms. The molecule has 0 radical (unpaired) electrons. The highest BCUT2D eigenvalue weighted by Gasteiger charge is 2.39. The third-order valence-corrected chi connectivity index (χ3v) is 3.21. The molecule has 11 heavy (non-hydrogen) atoms. The highest BCUT2D eigenvalue weighted by molar-refractivity contribution is 5.00. The molecule has 66 valence electrons. The maximum absolute atomic E-state index is 3.65. The monoisotopic (exact) mass is 156 g/mol. The fourth-order valence-corrected chi connectivity index (χ4v) is 2.25. The van der Waals surface area contributed by atoms with E-state index >= 15 is 0 Å². The summed E-state index contributed by atoms with van der Waals surface area (Å²) >= 11 is 0. The second-order valence-electron chi connectivity index (χ2n) is 3.93. The molecule has 1 spiro atoms. The SMILES string of the molecule is CCN1CCNC2(CCC2)C1.[HH]. The zero-order valence-electron chi connectivity index (χ0n) is 7.40. The second-order valence-corrected chi connectivity index (χ2v) is 3.93. The highest BCUT2D eigenvalue weighted by Crippen LogP contribution is 2.33. The zero-order valence-corrected chi connectivity index (χ0v) is 7.40. The molecule has 1 aliphatic heterocycles. The third-order valence-electron chi connectivity index (χ3n) is 3.21. The quantitative estimate of drug-likeness (QED) is 0.611. The lowest BCUT2D eigenvalue weighted by atomic mass is 9.75. The van der Waals surface area contributed by atoms with Gasteiger partial charge in [0.05, 0.1) is 0 Å². The summed E-state index contributed by atoms with van der Waals surface area (Å²) in [5, 5.41) is 3.65. The van der Waals surface area contributed by atoms with Gasteiger partial charge in [-0.3, -0.25) is 0 Å². The Hall–Kier alpha value is -0.0800. The first-order valence-corrected chi connectivity index (χ1v) is 4.82. The fraction of sp³-hybridized carbons (Fsp3) is 1.00. The molecule has 2 fully saturated rings. The Labute approximate surface area is 70.4 Å². The Kier molecular flexibility index (Phi) is 1.90. The van der Waals surface area contributed by atoms with Crippen molar-refractivity contribution in [3.8, 4) is 0 Å². The molecule has 0 atom stereocenters. The number of hydrogen-bond acceptors (Lipinski definition) is 2. The second kappa shape index (κ2) is 2.76. The molecule has 1 saturated heterocycles. The molecule has 1 aliphatic carbocycles. The van der Waals surface area contributed by atoms with Crippen LogP contribution in [0.15, 0.2) is 0 Å². The summed E-state index contributed by atoms with van der Waals surface area (Å²) in [5.41, 5.74) is 0.550. The normalized spacial score (nSPS) is 30.3. The average Bonchev–Trinajstić information content (AvgIpc) is 2.02. The van der Waals surface area contributed by atoms with Gasteiger partial charge in [-0.15, -0.1) is 0 Å². The smallest absolute Gasteiger partial charge is 0.0309 e. The first-order chi connectivity index (χ1) is 5.35. The van der Waals surface area contributed by atoms with Gasteiger partial charge in [-0.25, -0.2) is 0 Å². The average molecular weight is 156 g/mol. The van der Waals surface area contributed by atoms with Gasteiger partial charge in [0.25, 0.3) is 0 Å².